The third-order valence-corrected chi connectivity index (χ3v) is 3.60. The summed E-state index contributed by atoms with van der Waals surface area (Å²) in [6.07, 6.45) is 3.84. The zero-order chi connectivity index (χ0) is 17.5. The van der Waals surface area contributed by atoms with Crippen molar-refractivity contribution in [2.24, 2.45) is 0 Å². The Hall–Kier alpha value is -2.34. The van der Waals surface area contributed by atoms with Crippen LogP contribution < -0.4 is 14.8 Å². The lowest BCUT2D eigenvalue weighted by Crippen LogP contribution is -2.21. The number of amides is 1. The van der Waals surface area contributed by atoms with Gasteiger partial charge in [0.15, 0.2) is 18.1 Å². The van der Waals surface area contributed by atoms with E-state index in [-0.39, 0.29) is 12.3 Å². The summed E-state index contributed by atoms with van der Waals surface area (Å²) in [5.74, 6) is -0.0211. The zero-order valence-corrected chi connectivity index (χ0v) is 14.9. The highest BCUT2D eigenvalue weighted by atomic mass is 79.9. The predicted molar refractivity (Wildman–Crippen MR) is 95.9 cm³/mol. The first-order valence-electron chi connectivity index (χ1n) is 7.22. The maximum atomic E-state index is 13.7. The van der Waals surface area contributed by atoms with Crippen LogP contribution in [0.2, 0.25) is 0 Å². The molecule has 4 nitrogen and oxygen atoms in total. The minimum atomic E-state index is -0.522. The fourth-order valence-corrected chi connectivity index (χ4v) is 2.35. The minimum absolute atomic E-state index is 0.0993. The van der Waals surface area contributed by atoms with Gasteiger partial charge in [0.25, 0.3) is 5.91 Å². The first-order chi connectivity index (χ1) is 11.5. The van der Waals surface area contributed by atoms with Crippen molar-refractivity contribution in [2.45, 2.75) is 6.92 Å². The van der Waals surface area contributed by atoms with E-state index in [0.717, 1.165) is 5.56 Å². The van der Waals surface area contributed by atoms with Crippen LogP contribution in [0.5, 0.6) is 11.5 Å². The van der Waals surface area contributed by atoms with Crippen LogP contribution in [0.1, 0.15) is 12.5 Å². The molecule has 0 aliphatic rings. The van der Waals surface area contributed by atoms with Crippen LogP contribution in [0, 0.1) is 5.82 Å². The summed E-state index contributed by atoms with van der Waals surface area (Å²) in [6.45, 7) is 1.66. The fraction of sp³-hybridized carbons (Fsp3) is 0.167. The van der Waals surface area contributed by atoms with Crippen LogP contribution in [0.25, 0.3) is 6.08 Å². The number of hydrogen-bond donors (Lipinski definition) is 1. The van der Waals surface area contributed by atoms with E-state index in [1.54, 1.807) is 12.1 Å². The summed E-state index contributed by atoms with van der Waals surface area (Å²) >= 11 is 3.16. The Labute approximate surface area is 148 Å². The first-order valence-corrected chi connectivity index (χ1v) is 8.01. The first kappa shape index (κ1) is 18.0. The molecule has 2 rings (SSSR count). The van der Waals surface area contributed by atoms with Gasteiger partial charge >= 0.3 is 0 Å². The third kappa shape index (κ3) is 4.83. The summed E-state index contributed by atoms with van der Waals surface area (Å²) in [5.41, 5.74) is 1.06. The summed E-state index contributed by atoms with van der Waals surface area (Å²) in [7, 11) is 1.53. The minimum Gasteiger partial charge on any atom is -0.493 e. The van der Waals surface area contributed by atoms with Crippen molar-refractivity contribution >= 4 is 33.6 Å². The molecule has 0 bridgehead atoms. The Morgan fingerprint density at radius 3 is 2.71 bits per heavy atom. The van der Waals surface area contributed by atoms with Gasteiger partial charge < -0.3 is 14.8 Å². The largest absolute Gasteiger partial charge is 0.493 e. The quantitative estimate of drug-likeness (QED) is 0.776. The molecular weight excluding hydrogens is 377 g/mol. The van der Waals surface area contributed by atoms with Gasteiger partial charge in [0.05, 0.1) is 12.8 Å². The lowest BCUT2D eigenvalue weighted by atomic mass is 10.2. The van der Waals surface area contributed by atoms with Crippen molar-refractivity contribution in [2.75, 3.05) is 19.0 Å². The van der Waals surface area contributed by atoms with Crippen LogP contribution in [-0.2, 0) is 4.79 Å². The van der Waals surface area contributed by atoms with E-state index >= 15 is 0 Å². The van der Waals surface area contributed by atoms with Crippen LogP contribution in [0.3, 0.4) is 0 Å². The monoisotopic (exact) mass is 393 g/mol. The van der Waals surface area contributed by atoms with E-state index in [4.69, 9.17) is 9.47 Å². The molecule has 0 aliphatic heterocycles. The fourth-order valence-electron chi connectivity index (χ4n) is 2.02. The Kier molecular flexibility index (Phi) is 6.37. The number of hydrogen-bond acceptors (Lipinski definition) is 3. The molecule has 0 saturated carbocycles. The van der Waals surface area contributed by atoms with Crippen molar-refractivity contribution in [3.05, 3.63) is 58.3 Å². The number of nitrogens with one attached hydrogen (secondary N) is 1. The molecule has 1 amide bonds. The molecule has 126 valence electrons. The van der Waals surface area contributed by atoms with Gasteiger partial charge in [0.1, 0.15) is 5.82 Å². The molecule has 0 aromatic heterocycles. The van der Waals surface area contributed by atoms with Gasteiger partial charge in [-0.15, -0.1) is 0 Å². The predicted octanol–water partition coefficient (Wildman–Crippen LogP) is 4.65. The molecule has 0 unspecified atom stereocenters. The van der Waals surface area contributed by atoms with Crippen molar-refractivity contribution in [1.29, 1.82) is 0 Å². The zero-order valence-electron chi connectivity index (χ0n) is 13.3. The molecule has 0 spiro atoms. The van der Waals surface area contributed by atoms with Gasteiger partial charge in [-0.25, -0.2) is 4.39 Å². The number of carbonyl (C=O) groups is 1. The Balaban J connectivity index is 2.01. The SMILES string of the molecule is C/C=C/c1ccc(OCC(=O)Nc2ccc(Br)cc2F)c(OC)c1. The van der Waals surface area contributed by atoms with E-state index in [1.807, 2.05) is 31.2 Å². The maximum absolute atomic E-state index is 13.7. The number of halogens is 2. The van der Waals surface area contributed by atoms with Gasteiger partial charge in [-0.2, -0.15) is 0 Å². The lowest BCUT2D eigenvalue weighted by Gasteiger charge is -2.12. The Morgan fingerprint density at radius 1 is 1.25 bits per heavy atom. The van der Waals surface area contributed by atoms with Gasteiger partial charge in [-0.1, -0.05) is 34.1 Å². The molecule has 1 N–H and O–H groups in total. The van der Waals surface area contributed by atoms with Crippen molar-refractivity contribution in [1.82, 2.24) is 0 Å². The average molecular weight is 394 g/mol. The Bertz CT molecular complexity index is 762. The van der Waals surface area contributed by atoms with Gasteiger partial charge in [-0.3, -0.25) is 4.79 Å². The molecular formula is C18H17BrFNO3. The van der Waals surface area contributed by atoms with E-state index in [1.165, 1.54) is 19.2 Å². The number of ether oxygens (including phenoxy) is 2. The number of allylic oxidation sites excluding steroid dienone is 1. The standard InChI is InChI=1S/C18H17BrFNO3/c1-3-4-12-5-8-16(17(9-12)23-2)24-11-18(22)21-15-7-6-13(19)10-14(15)20/h3-10H,11H2,1-2H3,(H,21,22)/b4-3+. The van der Waals surface area contributed by atoms with Crippen LogP contribution in [0.15, 0.2) is 46.9 Å². The molecule has 0 saturated heterocycles. The van der Waals surface area contributed by atoms with Crippen molar-refractivity contribution in [3.8, 4) is 11.5 Å². The summed E-state index contributed by atoms with van der Waals surface area (Å²) < 4.78 is 25.0. The molecule has 0 radical (unpaired) electrons. The summed E-state index contributed by atoms with van der Waals surface area (Å²) in [6, 6.07) is 9.78. The lowest BCUT2D eigenvalue weighted by molar-refractivity contribution is -0.118. The highest BCUT2D eigenvalue weighted by Crippen LogP contribution is 2.28. The van der Waals surface area contributed by atoms with Crippen molar-refractivity contribution < 1.29 is 18.7 Å². The second-order valence-electron chi connectivity index (χ2n) is 4.87. The van der Waals surface area contributed by atoms with E-state index in [2.05, 4.69) is 21.2 Å². The van der Waals surface area contributed by atoms with Gasteiger partial charge in [0, 0.05) is 4.47 Å². The summed E-state index contributed by atoms with van der Waals surface area (Å²) in [4.78, 5) is 11.9. The average Bonchev–Trinajstić information content (AvgIpc) is 2.56. The molecule has 24 heavy (non-hydrogen) atoms. The highest BCUT2D eigenvalue weighted by molar-refractivity contribution is 9.10. The number of carbonyl (C=O) groups excluding carboxylic acids is 1. The van der Waals surface area contributed by atoms with Crippen LogP contribution in [0.4, 0.5) is 10.1 Å². The second-order valence-corrected chi connectivity index (χ2v) is 5.79. The maximum Gasteiger partial charge on any atom is 0.262 e. The number of benzene rings is 2. The van der Waals surface area contributed by atoms with E-state index < -0.39 is 11.7 Å². The Morgan fingerprint density at radius 2 is 2.04 bits per heavy atom. The third-order valence-electron chi connectivity index (χ3n) is 3.11. The van der Waals surface area contributed by atoms with Crippen LogP contribution in [-0.4, -0.2) is 19.6 Å². The number of rotatable bonds is 6. The summed E-state index contributed by atoms with van der Waals surface area (Å²) in [5, 5.41) is 2.47. The molecule has 6 heteroatoms. The van der Waals surface area contributed by atoms with E-state index in [0.29, 0.717) is 16.0 Å². The van der Waals surface area contributed by atoms with Gasteiger partial charge in [-0.05, 0) is 42.8 Å². The normalized spacial score (nSPS) is 10.7. The molecule has 2 aromatic rings. The van der Waals surface area contributed by atoms with Crippen molar-refractivity contribution in [3.63, 3.8) is 0 Å². The van der Waals surface area contributed by atoms with Gasteiger partial charge in [0.2, 0.25) is 0 Å². The number of anilines is 1. The molecule has 0 aliphatic carbocycles. The second kappa shape index (κ2) is 8.49. The molecule has 2 aromatic carbocycles. The van der Waals surface area contributed by atoms with Crippen LogP contribution >= 0.6 is 15.9 Å². The van der Waals surface area contributed by atoms with E-state index in [9.17, 15) is 9.18 Å². The topological polar surface area (TPSA) is 47.6 Å². The molecule has 0 atom stereocenters. The highest BCUT2D eigenvalue weighted by Gasteiger charge is 2.10. The number of methoxy groups -OCH3 is 1. The molecule has 0 fully saturated rings. The molecule has 0 heterocycles. The smallest absolute Gasteiger partial charge is 0.262 e.